The molecule has 0 saturated carbocycles. The standard InChI is InChI=1S/C29H31NO3/c1-5-32-25-14-12-24(13-15-25)30(19-21-9-7-6-8-10-21)28(31)17-22-20-33-27-16-11-23(18-26(22)27)29(2,3)4/h6-16,18,20H,5,17,19H2,1-4H3. The third-order valence-corrected chi connectivity index (χ3v) is 5.81. The molecule has 0 unspecified atom stereocenters. The van der Waals surface area contributed by atoms with Crippen LogP contribution in [0.3, 0.4) is 0 Å². The quantitative estimate of drug-likeness (QED) is 0.313. The number of furan rings is 1. The number of anilines is 1. The fourth-order valence-corrected chi connectivity index (χ4v) is 3.92. The average molecular weight is 442 g/mol. The van der Waals surface area contributed by atoms with Crippen LogP contribution in [0.5, 0.6) is 5.75 Å². The highest BCUT2D eigenvalue weighted by Gasteiger charge is 2.21. The van der Waals surface area contributed by atoms with E-state index in [1.54, 1.807) is 6.26 Å². The molecule has 170 valence electrons. The largest absolute Gasteiger partial charge is 0.494 e. The topological polar surface area (TPSA) is 42.7 Å². The molecule has 4 aromatic rings. The molecule has 1 aromatic heterocycles. The minimum absolute atomic E-state index is 0.0203. The van der Waals surface area contributed by atoms with E-state index >= 15 is 0 Å². The summed E-state index contributed by atoms with van der Waals surface area (Å²) in [5, 5.41) is 1.00. The van der Waals surface area contributed by atoms with Gasteiger partial charge >= 0.3 is 0 Å². The molecule has 0 aliphatic carbocycles. The van der Waals surface area contributed by atoms with Crippen molar-refractivity contribution in [1.29, 1.82) is 0 Å². The molecule has 33 heavy (non-hydrogen) atoms. The Balaban J connectivity index is 1.65. The molecule has 0 fully saturated rings. The minimum atomic E-state index is 0.0203. The van der Waals surface area contributed by atoms with Crippen molar-refractivity contribution in [2.45, 2.75) is 46.1 Å². The predicted octanol–water partition coefficient (Wildman–Crippen LogP) is 6.90. The van der Waals surface area contributed by atoms with E-state index in [-0.39, 0.29) is 17.7 Å². The summed E-state index contributed by atoms with van der Waals surface area (Å²) in [6.45, 7) is 9.62. The first-order chi connectivity index (χ1) is 15.8. The lowest BCUT2D eigenvalue weighted by molar-refractivity contribution is -0.118. The number of rotatable bonds is 7. The van der Waals surface area contributed by atoms with Crippen LogP contribution >= 0.6 is 0 Å². The molecule has 0 aliphatic rings. The number of hydrogen-bond acceptors (Lipinski definition) is 3. The smallest absolute Gasteiger partial charge is 0.231 e. The lowest BCUT2D eigenvalue weighted by atomic mass is 9.86. The Labute approximate surface area is 195 Å². The maximum Gasteiger partial charge on any atom is 0.231 e. The molecule has 4 nitrogen and oxygen atoms in total. The van der Waals surface area contributed by atoms with E-state index in [9.17, 15) is 4.79 Å². The number of nitrogens with zero attached hydrogens (tertiary/aromatic N) is 1. The number of hydrogen-bond donors (Lipinski definition) is 0. The van der Waals surface area contributed by atoms with Crippen molar-refractivity contribution in [3.05, 3.63) is 95.7 Å². The van der Waals surface area contributed by atoms with Crippen LogP contribution in [0.1, 0.15) is 44.4 Å². The number of amides is 1. The summed E-state index contributed by atoms with van der Waals surface area (Å²) in [5.74, 6) is 0.816. The SMILES string of the molecule is CCOc1ccc(N(Cc2ccccc2)C(=O)Cc2coc3ccc(C(C)(C)C)cc23)cc1. The van der Waals surface area contributed by atoms with Crippen molar-refractivity contribution in [2.24, 2.45) is 0 Å². The van der Waals surface area contributed by atoms with Gasteiger partial charge in [-0.3, -0.25) is 4.79 Å². The molecule has 1 amide bonds. The summed E-state index contributed by atoms with van der Waals surface area (Å²) < 4.78 is 11.4. The second-order valence-corrected chi connectivity index (χ2v) is 9.29. The Morgan fingerprint density at radius 3 is 2.36 bits per heavy atom. The first-order valence-corrected chi connectivity index (χ1v) is 11.4. The van der Waals surface area contributed by atoms with Crippen molar-refractivity contribution < 1.29 is 13.9 Å². The van der Waals surface area contributed by atoms with Gasteiger partial charge in [0.25, 0.3) is 0 Å². The summed E-state index contributed by atoms with van der Waals surface area (Å²) in [6.07, 6.45) is 1.98. The van der Waals surface area contributed by atoms with Gasteiger partial charge in [-0.1, -0.05) is 57.2 Å². The van der Waals surface area contributed by atoms with E-state index in [4.69, 9.17) is 9.15 Å². The lowest BCUT2D eigenvalue weighted by Crippen LogP contribution is -2.31. The van der Waals surface area contributed by atoms with Gasteiger partial charge in [-0.25, -0.2) is 0 Å². The molecule has 0 aliphatic heterocycles. The monoisotopic (exact) mass is 441 g/mol. The Morgan fingerprint density at radius 1 is 0.970 bits per heavy atom. The predicted molar refractivity (Wildman–Crippen MR) is 134 cm³/mol. The summed E-state index contributed by atoms with van der Waals surface area (Å²) in [6, 6.07) is 24.0. The van der Waals surface area contributed by atoms with Crippen molar-refractivity contribution in [1.82, 2.24) is 0 Å². The fourth-order valence-electron chi connectivity index (χ4n) is 3.92. The normalized spacial score (nSPS) is 11.5. The maximum absolute atomic E-state index is 13.6. The lowest BCUT2D eigenvalue weighted by Gasteiger charge is -2.23. The minimum Gasteiger partial charge on any atom is -0.494 e. The molecule has 3 aromatic carbocycles. The van der Waals surface area contributed by atoms with Gasteiger partial charge in [0.05, 0.1) is 25.8 Å². The van der Waals surface area contributed by atoms with Gasteiger partial charge in [0.1, 0.15) is 11.3 Å². The molecule has 0 bridgehead atoms. The number of ether oxygens (including phenoxy) is 1. The summed E-state index contributed by atoms with van der Waals surface area (Å²) in [7, 11) is 0. The molecule has 0 N–H and O–H groups in total. The molecule has 0 saturated heterocycles. The van der Waals surface area contributed by atoms with Crippen LogP contribution in [-0.2, 0) is 23.2 Å². The fraction of sp³-hybridized carbons (Fsp3) is 0.276. The van der Waals surface area contributed by atoms with E-state index in [2.05, 4.69) is 32.9 Å². The van der Waals surface area contributed by atoms with Crippen LogP contribution in [0, 0.1) is 0 Å². The van der Waals surface area contributed by atoms with Crippen molar-refractivity contribution in [2.75, 3.05) is 11.5 Å². The number of benzene rings is 3. The number of fused-ring (bicyclic) bond motifs is 1. The van der Waals surface area contributed by atoms with Crippen molar-refractivity contribution in [3.63, 3.8) is 0 Å². The zero-order valence-corrected chi connectivity index (χ0v) is 19.8. The summed E-state index contributed by atoms with van der Waals surface area (Å²) >= 11 is 0. The Hall–Kier alpha value is -3.53. The van der Waals surface area contributed by atoms with Crippen LogP contribution in [0.25, 0.3) is 11.0 Å². The van der Waals surface area contributed by atoms with E-state index in [0.29, 0.717) is 13.2 Å². The second-order valence-electron chi connectivity index (χ2n) is 9.29. The maximum atomic E-state index is 13.6. The highest BCUT2D eigenvalue weighted by Crippen LogP contribution is 2.30. The van der Waals surface area contributed by atoms with Gasteiger partial charge in [0.2, 0.25) is 5.91 Å². The van der Waals surface area contributed by atoms with E-state index in [1.165, 1.54) is 5.56 Å². The third kappa shape index (κ3) is 5.28. The Bertz CT molecular complexity index is 1220. The third-order valence-electron chi connectivity index (χ3n) is 5.81. The van der Waals surface area contributed by atoms with Gasteiger partial charge < -0.3 is 14.1 Å². The molecule has 1 heterocycles. The van der Waals surface area contributed by atoms with Gasteiger partial charge in [0.15, 0.2) is 0 Å². The van der Waals surface area contributed by atoms with E-state index in [1.807, 2.05) is 72.5 Å². The van der Waals surface area contributed by atoms with E-state index in [0.717, 1.165) is 33.5 Å². The molecular weight excluding hydrogens is 410 g/mol. The van der Waals surface area contributed by atoms with E-state index < -0.39 is 0 Å². The molecule has 0 radical (unpaired) electrons. The Kier molecular flexibility index (Phi) is 6.55. The highest BCUT2D eigenvalue weighted by molar-refractivity contribution is 5.97. The van der Waals surface area contributed by atoms with Gasteiger partial charge in [0, 0.05) is 16.6 Å². The Morgan fingerprint density at radius 2 is 1.70 bits per heavy atom. The van der Waals surface area contributed by atoms with Crippen LogP contribution in [0.4, 0.5) is 5.69 Å². The first-order valence-electron chi connectivity index (χ1n) is 11.4. The highest BCUT2D eigenvalue weighted by atomic mass is 16.5. The molecule has 0 spiro atoms. The zero-order valence-electron chi connectivity index (χ0n) is 19.8. The van der Waals surface area contributed by atoms with Crippen LogP contribution in [-0.4, -0.2) is 12.5 Å². The first kappa shape index (κ1) is 22.7. The van der Waals surface area contributed by atoms with Gasteiger partial charge in [-0.15, -0.1) is 0 Å². The van der Waals surface area contributed by atoms with Gasteiger partial charge in [-0.2, -0.15) is 0 Å². The average Bonchev–Trinajstić information content (AvgIpc) is 3.20. The molecular formula is C29H31NO3. The van der Waals surface area contributed by atoms with Crippen molar-refractivity contribution in [3.8, 4) is 5.75 Å². The zero-order chi connectivity index (χ0) is 23.4. The summed E-state index contributed by atoms with van der Waals surface area (Å²) in [4.78, 5) is 15.4. The number of carbonyl (C=O) groups excluding carboxylic acids is 1. The van der Waals surface area contributed by atoms with Crippen molar-refractivity contribution >= 4 is 22.6 Å². The van der Waals surface area contributed by atoms with Crippen LogP contribution in [0.2, 0.25) is 0 Å². The van der Waals surface area contributed by atoms with Gasteiger partial charge in [-0.05, 0) is 59.9 Å². The molecule has 0 atom stereocenters. The number of carbonyl (C=O) groups is 1. The van der Waals surface area contributed by atoms with Crippen LogP contribution in [0.15, 0.2) is 83.5 Å². The van der Waals surface area contributed by atoms with Crippen LogP contribution < -0.4 is 9.64 Å². The molecule has 4 heteroatoms. The second kappa shape index (κ2) is 9.53. The summed E-state index contributed by atoms with van der Waals surface area (Å²) in [5.41, 5.74) is 4.88. The molecule has 4 rings (SSSR count).